The Hall–Kier alpha value is -0.830. The summed E-state index contributed by atoms with van der Waals surface area (Å²) in [6, 6.07) is 0. The fourth-order valence-corrected chi connectivity index (χ4v) is 0.127. The highest BCUT2D eigenvalue weighted by Gasteiger charge is 1.96. The highest BCUT2D eigenvalue weighted by Crippen LogP contribution is 1.77. The van der Waals surface area contributed by atoms with Crippen LogP contribution in [0.25, 0.3) is 0 Å². The molecule has 7 heavy (non-hydrogen) atoms. The van der Waals surface area contributed by atoms with Gasteiger partial charge in [-0.15, -0.1) is 6.58 Å². The fraction of sp³-hybridized carbons (Fsp3) is 0.250. The maximum atomic E-state index is 8.47. The molecule has 0 aromatic rings. The first-order valence-electron chi connectivity index (χ1n) is 1.83. The molecular weight excluding hydrogens is 92.1 g/mol. The summed E-state index contributed by atoms with van der Waals surface area (Å²) in [6.45, 7) is 3.21. The lowest BCUT2D eigenvalue weighted by atomic mass is 10.3. The molecule has 0 saturated heterocycles. The highest BCUT2D eigenvalue weighted by molar-refractivity contribution is 5.83. The molecule has 0 aromatic heterocycles. The summed E-state index contributed by atoms with van der Waals surface area (Å²) in [5, 5.41) is 15.0. The average molecular weight is 100 g/mol. The molecule has 4 N–H and O–H groups in total. The number of nitrogens with two attached hydrogens (primary N) is 1. The van der Waals surface area contributed by atoms with Crippen LogP contribution in [0, 0.1) is 5.41 Å². The normalized spacial score (nSPS) is 12.7. The van der Waals surface area contributed by atoms with Crippen LogP contribution in [0.5, 0.6) is 0 Å². The standard InChI is InChI=1S/C4H8N2O/c1-2-3(7)4(5)6/h2-3,7H,1H2,(H3,5,6). The number of hydrogen-bond acceptors (Lipinski definition) is 2. The SMILES string of the molecule is C=CC(O)C(=N)N. The van der Waals surface area contributed by atoms with Crippen molar-refractivity contribution in [2.24, 2.45) is 5.73 Å². The minimum Gasteiger partial charge on any atom is -0.385 e. The Balaban J connectivity index is 3.55. The molecule has 1 unspecified atom stereocenters. The Kier molecular flexibility index (Phi) is 2.08. The van der Waals surface area contributed by atoms with Gasteiger partial charge >= 0.3 is 0 Å². The first kappa shape index (κ1) is 6.17. The van der Waals surface area contributed by atoms with Gasteiger partial charge in [0.25, 0.3) is 0 Å². The van der Waals surface area contributed by atoms with Gasteiger partial charge in [0.2, 0.25) is 0 Å². The molecule has 3 heteroatoms. The largest absolute Gasteiger partial charge is 0.385 e. The molecule has 0 fully saturated rings. The van der Waals surface area contributed by atoms with E-state index in [2.05, 4.69) is 6.58 Å². The number of aliphatic hydroxyl groups is 1. The van der Waals surface area contributed by atoms with Gasteiger partial charge in [0.15, 0.2) is 0 Å². The molecule has 0 aliphatic rings. The highest BCUT2D eigenvalue weighted by atomic mass is 16.3. The lowest BCUT2D eigenvalue weighted by molar-refractivity contribution is 0.287. The van der Waals surface area contributed by atoms with Crippen molar-refractivity contribution in [2.45, 2.75) is 6.10 Å². The van der Waals surface area contributed by atoms with Gasteiger partial charge in [-0.25, -0.2) is 0 Å². The van der Waals surface area contributed by atoms with E-state index in [0.717, 1.165) is 0 Å². The number of nitrogens with one attached hydrogen (secondary N) is 1. The van der Waals surface area contributed by atoms with Crippen molar-refractivity contribution >= 4 is 5.84 Å². The molecule has 0 aromatic carbocycles. The lowest BCUT2D eigenvalue weighted by Crippen LogP contribution is -2.24. The molecule has 0 aliphatic heterocycles. The Morgan fingerprint density at radius 3 is 2.43 bits per heavy atom. The monoisotopic (exact) mass is 100 g/mol. The maximum absolute atomic E-state index is 8.47. The first-order chi connectivity index (χ1) is 3.18. The lowest BCUT2D eigenvalue weighted by Gasteiger charge is -1.97. The van der Waals surface area contributed by atoms with Crippen molar-refractivity contribution < 1.29 is 5.11 Å². The minimum atomic E-state index is -0.972. The molecule has 3 nitrogen and oxygen atoms in total. The van der Waals surface area contributed by atoms with Crippen LogP contribution in [-0.2, 0) is 0 Å². The zero-order chi connectivity index (χ0) is 5.86. The van der Waals surface area contributed by atoms with Crippen LogP contribution < -0.4 is 5.73 Å². The van der Waals surface area contributed by atoms with Crippen LogP contribution in [0.3, 0.4) is 0 Å². The molecule has 0 aliphatic carbocycles. The van der Waals surface area contributed by atoms with E-state index in [1.165, 1.54) is 6.08 Å². The average Bonchev–Trinajstić information content (AvgIpc) is 1.65. The van der Waals surface area contributed by atoms with Gasteiger partial charge in [-0.3, -0.25) is 5.41 Å². The van der Waals surface area contributed by atoms with Crippen LogP contribution in [0.4, 0.5) is 0 Å². The molecule has 40 valence electrons. The van der Waals surface area contributed by atoms with Gasteiger partial charge in [0.1, 0.15) is 11.9 Å². The van der Waals surface area contributed by atoms with Crippen molar-refractivity contribution in [1.29, 1.82) is 5.41 Å². The summed E-state index contributed by atoms with van der Waals surface area (Å²) >= 11 is 0. The summed E-state index contributed by atoms with van der Waals surface area (Å²) < 4.78 is 0. The number of rotatable bonds is 2. The third kappa shape index (κ3) is 1.94. The zero-order valence-electron chi connectivity index (χ0n) is 3.89. The molecule has 0 amide bonds. The molecule has 0 heterocycles. The van der Waals surface area contributed by atoms with Gasteiger partial charge < -0.3 is 10.8 Å². The van der Waals surface area contributed by atoms with E-state index in [1.807, 2.05) is 0 Å². The maximum Gasteiger partial charge on any atom is 0.128 e. The minimum absolute atomic E-state index is 0.269. The predicted molar refractivity (Wildman–Crippen MR) is 28.1 cm³/mol. The van der Waals surface area contributed by atoms with E-state index in [9.17, 15) is 0 Å². The summed E-state index contributed by atoms with van der Waals surface area (Å²) in [5.74, 6) is -0.269. The second kappa shape index (κ2) is 2.36. The van der Waals surface area contributed by atoms with E-state index in [-0.39, 0.29) is 5.84 Å². The van der Waals surface area contributed by atoms with Crippen molar-refractivity contribution in [3.8, 4) is 0 Å². The summed E-state index contributed by atoms with van der Waals surface area (Å²) in [4.78, 5) is 0. The molecule has 0 bridgehead atoms. The Morgan fingerprint density at radius 2 is 2.43 bits per heavy atom. The summed E-state index contributed by atoms with van der Waals surface area (Å²) in [5.41, 5.74) is 4.81. The first-order valence-corrected chi connectivity index (χ1v) is 1.83. The molecule has 0 radical (unpaired) electrons. The molecule has 0 saturated carbocycles. The van der Waals surface area contributed by atoms with E-state index < -0.39 is 6.10 Å². The van der Waals surface area contributed by atoms with Crippen LogP contribution in [0.15, 0.2) is 12.7 Å². The summed E-state index contributed by atoms with van der Waals surface area (Å²) in [6.07, 6.45) is 0.225. The van der Waals surface area contributed by atoms with Gasteiger partial charge in [-0.1, -0.05) is 6.08 Å². The van der Waals surface area contributed by atoms with Gasteiger partial charge in [-0.05, 0) is 0 Å². The van der Waals surface area contributed by atoms with Gasteiger partial charge in [0.05, 0.1) is 0 Å². The Bertz CT molecular complexity index is 89.7. The van der Waals surface area contributed by atoms with Gasteiger partial charge in [0, 0.05) is 0 Å². The quantitative estimate of drug-likeness (QED) is 0.248. The van der Waals surface area contributed by atoms with Crippen LogP contribution in [0.1, 0.15) is 0 Å². The Morgan fingerprint density at radius 1 is 2.00 bits per heavy atom. The van der Waals surface area contributed by atoms with Gasteiger partial charge in [-0.2, -0.15) is 0 Å². The zero-order valence-corrected chi connectivity index (χ0v) is 3.89. The third-order valence-corrected chi connectivity index (χ3v) is 0.542. The van der Waals surface area contributed by atoms with Crippen molar-refractivity contribution in [3.63, 3.8) is 0 Å². The van der Waals surface area contributed by atoms with E-state index in [0.29, 0.717) is 0 Å². The van der Waals surface area contributed by atoms with Crippen LogP contribution >= 0.6 is 0 Å². The fourth-order valence-electron chi connectivity index (χ4n) is 0.127. The second-order valence-corrected chi connectivity index (χ2v) is 1.14. The number of hydrogen-bond donors (Lipinski definition) is 3. The second-order valence-electron chi connectivity index (χ2n) is 1.14. The smallest absolute Gasteiger partial charge is 0.128 e. The van der Waals surface area contributed by atoms with Crippen molar-refractivity contribution in [3.05, 3.63) is 12.7 Å². The topological polar surface area (TPSA) is 70.1 Å². The predicted octanol–water partition coefficient (Wildman–Crippen LogP) is -0.531. The molecule has 1 atom stereocenters. The summed E-state index contributed by atoms with van der Waals surface area (Å²) in [7, 11) is 0. The van der Waals surface area contributed by atoms with Crippen LogP contribution in [-0.4, -0.2) is 17.0 Å². The van der Waals surface area contributed by atoms with Crippen molar-refractivity contribution in [1.82, 2.24) is 0 Å². The van der Waals surface area contributed by atoms with Crippen LogP contribution in [0.2, 0.25) is 0 Å². The molecule has 0 spiro atoms. The Labute approximate surface area is 42.0 Å². The third-order valence-electron chi connectivity index (χ3n) is 0.542. The van der Waals surface area contributed by atoms with E-state index in [1.54, 1.807) is 0 Å². The molecule has 0 rings (SSSR count). The van der Waals surface area contributed by atoms with Crippen molar-refractivity contribution in [2.75, 3.05) is 0 Å². The van der Waals surface area contributed by atoms with E-state index in [4.69, 9.17) is 16.2 Å². The molecular formula is C4H8N2O. The number of aliphatic hydroxyl groups excluding tert-OH is 1. The van der Waals surface area contributed by atoms with E-state index >= 15 is 0 Å². The number of amidine groups is 1.